The number of nitrogens with zero attached hydrogens (tertiary/aromatic N) is 2. The van der Waals surface area contributed by atoms with E-state index in [1.54, 1.807) is 0 Å². The van der Waals surface area contributed by atoms with E-state index in [2.05, 4.69) is 10.3 Å². The van der Waals surface area contributed by atoms with Gasteiger partial charge in [-0.05, 0) is 19.1 Å². The molecule has 0 aliphatic heterocycles. The summed E-state index contributed by atoms with van der Waals surface area (Å²) in [5, 5.41) is 2.65. The summed E-state index contributed by atoms with van der Waals surface area (Å²) in [5.74, 6) is -1.60. The molecule has 2 rings (SSSR count). The third-order valence-electron chi connectivity index (χ3n) is 2.93. The number of aryl methyl sites for hydroxylation is 1. The smallest absolute Gasteiger partial charge is 0.221 e. The van der Waals surface area contributed by atoms with Crippen molar-refractivity contribution in [2.24, 2.45) is 0 Å². The van der Waals surface area contributed by atoms with Crippen LogP contribution < -0.4 is 5.32 Å². The maximum absolute atomic E-state index is 13.9. The van der Waals surface area contributed by atoms with E-state index in [4.69, 9.17) is 11.6 Å². The highest BCUT2D eigenvalue weighted by Gasteiger charge is 2.17. The zero-order valence-electron chi connectivity index (χ0n) is 10.9. The second-order valence-electron chi connectivity index (χ2n) is 4.25. The molecule has 0 fully saturated rings. The number of benzene rings is 1. The highest BCUT2D eigenvalue weighted by molar-refractivity contribution is 6.16. The van der Waals surface area contributed by atoms with E-state index in [1.165, 1.54) is 10.6 Å². The molecule has 0 bridgehead atoms. The fourth-order valence-electron chi connectivity index (χ4n) is 2.05. The number of hydrogen-bond acceptors (Lipinski definition) is 2. The van der Waals surface area contributed by atoms with Crippen molar-refractivity contribution < 1.29 is 13.6 Å². The number of carbonyl (C=O) groups is 1. The van der Waals surface area contributed by atoms with Gasteiger partial charge in [0, 0.05) is 19.5 Å². The Labute approximate surface area is 119 Å². The van der Waals surface area contributed by atoms with Gasteiger partial charge in [-0.1, -0.05) is 0 Å². The normalized spacial score (nSPS) is 11.0. The van der Waals surface area contributed by atoms with Crippen LogP contribution in [0.15, 0.2) is 12.1 Å². The fourth-order valence-corrected chi connectivity index (χ4v) is 2.25. The lowest BCUT2D eigenvalue weighted by Crippen LogP contribution is -2.24. The number of aromatic nitrogens is 2. The first kappa shape index (κ1) is 14.7. The van der Waals surface area contributed by atoms with Gasteiger partial charge in [0.05, 0.1) is 11.4 Å². The summed E-state index contributed by atoms with van der Waals surface area (Å²) in [4.78, 5) is 15.6. The SMILES string of the molecule is CCNC(=O)CCn1c(CCl)nc2ccc(F)c(F)c21. The molecule has 0 aliphatic carbocycles. The largest absolute Gasteiger partial charge is 0.356 e. The molecule has 1 aromatic carbocycles. The zero-order chi connectivity index (χ0) is 14.7. The molecule has 108 valence electrons. The third-order valence-corrected chi connectivity index (χ3v) is 3.17. The van der Waals surface area contributed by atoms with E-state index < -0.39 is 11.6 Å². The predicted molar refractivity (Wildman–Crippen MR) is 72.5 cm³/mol. The van der Waals surface area contributed by atoms with Crippen LogP contribution in [0.5, 0.6) is 0 Å². The number of nitrogens with one attached hydrogen (secondary N) is 1. The highest BCUT2D eigenvalue weighted by atomic mass is 35.5. The van der Waals surface area contributed by atoms with Gasteiger partial charge in [-0.15, -0.1) is 11.6 Å². The standard InChI is InChI=1S/C13H14ClF2N3O/c1-2-17-11(20)5-6-19-10(7-14)18-9-4-3-8(15)12(16)13(9)19/h3-4H,2,5-7H2,1H3,(H,17,20). The molecule has 0 atom stereocenters. The Kier molecular flexibility index (Phi) is 4.54. The van der Waals surface area contributed by atoms with Gasteiger partial charge in [0.2, 0.25) is 5.91 Å². The fraction of sp³-hybridized carbons (Fsp3) is 0.385. The first-order valence-corrected chi connectivity index (χ1v) is 6.77. The monoisotopic (exact) mass is 301 g/mol. The summed E-state index contributed by atoms with van der Waals surface area (Å²) in [7, 11) is 0. The topological polar surface area (TPSA) is 46.9 Å². The van der Waals surface area contributed by atoms with Crippen LogP contribution in [-0.4, -0.2) is 22.0 Å². The molecule has 0 saturated carbocycles. The second kappa shape index (κ2) is 6.17. The molecule has 0 aliphatic rings. The first-order valence-electron chi connectivity index (χ1n) is 6.24. The predicted octanol–water partition coefficient (Wildman–Crippen LogP) is 2.58. The summed E-state index contributed by atoms with van der Waals surface area (Å²) in [6.07, 6.45) is 0.152. The molecule has 4 nitrogen and oxygen atoms in total. The summed E-state index contributed by atoms with van der Waals surface area (Å²) < 4.78 is 28.7. The summed E-state index contributed by atoms with van der Waals surface area (Å²) in [6.45, 7) is 2.53. The number of fused-ring (bicyclic) bond motifs is 1. The number of imidazole rings is 1. The maximum Gasteiger partial charge on any atom is 0.221 e. The van der Waals surface area contributed by atoms with E-state index in [1.807, 2.05) is 6.92 Å². The van der Waals surface area contributed by atoms with Gasteiger partial charge >= 0.3 is 0 Å². The third kappa shape index (κ3) is 2.75. The van der Waals surface area contributed by atoms with Crippen molar-refractivity contribution in [1.29, 1.82) is 0 Å². The Bertz CT molecular complexity index is 642. The number of amides is 1. The molecule has 1 aromatic heterocycles. The molecular formula is C13H14ClF2N3O. The maximum atomic E-state index is 13.9. The van der Waals surface area contributed by atoms with Gasteiger partial charge in [0.1, 0.15) is 11.3 Å². The minimum Gasteiger partial charge on any atom is -0.356 e. The summed E-state index contributed by atoms with van der Waals surface area (Å²) in [6, 6.07) is 2.42. The van der Waals surface area contributed by atoms with Crippen LogP contribution in [0, 0.1) is 11.6 Å². The lowest BCUT2D eigenvalue weighted by Gasteiger charge is -2.08. The van der Waals surface area contributed by atoms with Crippen LogP contribution in [0.25, 0.3) is 11.0 Å². The van der Waals surface area contributed by atoms with Crippen LogP contribution in [0.3, 0.4) is 0 Å². The van der Waals surface area contributed by atoms with E-state index in [-0.39, 0.29) is 30.3 Å². The molecule has 1 heterocycles. The van der Waals surface area contributed by atoms with Crippen LogP contribution in [0.1, 0.15) is 19.2 Å². The lowest BCUT2D eigenvalue weighted by molar-refractivity contribution is -0.121. The molecule has 7 heteroatoms. The molecule has 20 heavy (non-hydrogen) atoms. The van der Waals surface area contributed by atoms with Crippen LogP contribution in [0.2, 0.25) is 0 Å². The van der Waals surface area contributed by atoms with Crippen LogP contribution >= 0.6 is 11.6 Å². The number of rotatable bonds is 5. The molecule has 0 radical (unpaired) electrons. The molecule has 1 N–H and O–H groups in total. The molecule has 0 spiro atoms. The van der Waals surface area contributed by atoms with Crippen molar-refractivity contribution in [2.45, 2.75) is 25.8 Å². The number of hydrogen-bond donors (Lipinski definition) is 1. The van der Waals surface area contributed by atoms with Gasteiger partial charge in [-0.3, -0.25) is 4.79 Å². The summed E-state index contributed by atoms with van der Waals surface area (Å²) in [5.41, 5.74) is 0.375. The van der Waals surface area contributed by atoms with E-state index in [0.717, 1.165) is 6.07 Å². The van der Waals surface area contributed by atoms with E-state index in [0.29, 0.717) is 17.9 Å². The van der Waals surface area contributed by atoms with Crippen molar-refractivity contribution >= 4 is 28.5 Å². The zero-order valence-corrected chi connectivity index (χ0v) is 11.7. The average Bonchev–Trinajstić information content (AvgIpc) is 2.79. The van der Waals surface area contributed by atoms with Crippen molar-refractivity contribution in [3.05, 3.63) is 29.6 Å². The lowest BCUT2D eigenvalue weighted by atomic mass is 10.3. The van der Waals surface area contributed by atoms with Crippen molar-refractivity contribution in [3.8, 4) is 0 Å². The van der Waals surface area contributed by atoms with Gasteiger partial charge in [0.25, 0.3) is 0 Å². The van der Waals surface area contributed by atoms with Crippen molar-refractivity contribution in [3.63, 3.8) is 0 Å². The average molecular weight is 302 g/mol. The number of halogens is 3. The van der Waals surface area contributed by atoms with E-state index in [9.17, 15) is 13.6 Å². The molecule has 0 saturated heterocycles. The Hall–Kier alpha value is -1.69. The Balaban J connectivity index is 2.39. The number of carbonyl (C=O) groups excluding carboxylic acids is 1. The Morgan fingerprint density at radius 2 is 2.20 bits per heavy atom. The van der Waals surface area contributed by atoms with Gasteiger partial charge in [-0.25, -0.2) is 13.8 Å². The van der Waals surface area contributed by atoms with E-state index >= 15 is 0 Å². The minimum absolute atomic E-state index is 0.0462. The van der Waals surface area contributed by atoms with Crippen LogP contribution in [-0.2, 0) is 17.2 Å². The van der Waals surface area contributed by atoms with Gasteiger partial charge < -0.3 is 9.88 Å². The quantitative estimate of drug-likeness (QED) is 0.863. The number of alkyl halides is 1. The summed E-state index contributed by atoms with van der Waals surface area (Å²) >= 11 is 5.77. The second-order valence-corrected chi connectivity index (χ2v) is 4.51. The van der Waals surface area contributed by atoms with Gasteiger partial charge in [0.15, 0.2) is 11.6 Å². The minimum atomic E-state index is -0.970. The van der Waals surface area contributed by atoms with Crippen molar-refractivity contribution in [1.82, 2.24) is 14.9 Å². The highest BCUT2D eigenvalue weighted by Crippen LogP contribution is 2.23. The molecular weight excluding hydrogens is 288 g/mol. The first-order chi connectivity index (χ1) is 9.58. The molecule has 2 aromatic rings. The Morgan fingerprint density at radius 3 is 2.85 bits per heavy atom. The Morgan fingerprint density at radius 1 is 1.45 bits per heavy atom. The van der Waals surface area contributed by atoms with Crippen LogP contribution in [0.4, 0.5) is 8.78 Å². The van der Waals surface area contributed by atoms with Gasteiger partial charge in [-0.2, -0.15) is 0 Å². The van der Waals surface area contributed by atoms with Crippen molar-refractivity contribution in [2.75, 3.05) is 6.54 Å². The molecule has 1 amide bonds. The molecule has 0 unspecified atom stereocenters.